The lowest BCUT2D eigenvalue weighted by Crippen LogP contribution is -2.37. The van der Waals surface area contributed by atoms with Crippen molar-refractivity contribution in [1.29, 1.82) is 0 Å². The number of aliphatic imine (C=N–C) groups is 1. The quantitative estimate of drug-likeness (QED) is 0.596. The Morgan fingerprint density at radius 1 is 1.54 bits per heavy atom. The Morgan fingerprint density at radius 2 is 2.31 bits per heavy atom. The summed E-state index contributed by atoms with van der Waals surface area (Å²) in [5.74, 6) is 0.922. The summed E-state index contributed by atoms with van der Waals surface area (Å²) in [6, 6.07) is 0. The zero-order valence-electron chi connectivity index (χ0n) is 7.92. The number of rotatable bonds is 1. The van der Waals surface area contributed by atoms with E-state index in [1.807, 2.05) is 0 Å². The number of nitrogens with zero attached hydrogens (tertiary/aromatic N) is 2. The van der Waals surface area contributed by atoms with Gasteiger partial charge in [-0.05, 0) is 12.8 Å². The maximum atomic E-state index is 11.4. The minimum Gasteiger partial charge on any atom is -0.300 e. The summed E-state index contributed by atoms with van der Waals surface area (Å²) >= 11 is 5.51. The van der Waals surface area contributed by atoms with Crippen molar-refractivity contribution < 1.29 is 4.79 Å². The molecule has 74 valence electrons. The van der Waals surface area contributed by atoms with Gasteiger partial charge in [0.1, 0.15) is 11.7 Å². The Balaban J connectivity index is 2.71. The van der Waals surface area contributed by atoms with E-state index in [0.29, 0.717) is 0 Å². The second-order valence-electron chi connectivity index (χ2n) is 3.13. The molecule has 1 heterocycles. The summed E-state index contributed by atoms with van der Waals surface area (Å²) in [7, 11) is 1.73. The highest BCUT2D eigenvalue weighted by atomic mass is 35.5. The molecule has 0 spiro atoms. The van der Waals surface area contributed by atoms with Crippen LogP contribution in [0.2, 0.25) is 0 Å². The predicted molar refractivity (Wildman–Crippen MR) is 54.3 cm³/mol. The van der Waals surface area contributed by atoms with Gasteiger partial charge < -0.3 is 0 Å². The van der Waals surface area contributed by atoms with E-state index < -0.39 is 0 Å². The first-order chi connectivity index (χ1) is 6.29. The van der Waals surface area contributed by atoms with E-state index in [9.17, 15) is 4.79 Å². The van der Waals surface area contributed by atoms with Gasteiger partial charge in [0.2, 0.25) is 5.91 Å². The minimum atomic E-state index is -0.0239. The van der Waals surface area contributed by atoms with Crippen molar-refractivity contribution in [2.75, 3.05) is 19.5 Å². The van der Waals surface area contributed by atoms with Crippen LogP contribution in [0.25, 0.3) is 0 Å². The largest absolute Gasteiger partial charge is 0.300 e. The van der Waals surface area contributed by atoms with Crippen LogP contribution in [0, 0.1) is 0 Å². The molecule has 0 aromatic heterocycles. The lowest BCUT2D eigenvalue weighted by molar-refractivity contribution is -0.124. The van der Waals surface area contributed by atoms with Gasteiger partial charge in [-0.2, -0.15) is 0 Å². The second-order valence-corrected chi connectivity index (χ2v) is 3.40. The summed E-state index contributed by atoms with van der Waals surface area (Å²) < 4.78 is 0. The van der Waals surface area contributed by atoms with E-state index in [4.69, 9.17) is 11.6 Å². The van der Waals surface area contributed by atoms with E-state index in [1.54, 1.807) is 11.9 Å². The van der Waals surface area contributed by atoms with Crippen LogP contribution in [0.3, 0.4) is 0 Å². The molecule has 4 heteroatoms. The normalized spacial score (nSPS) is 21.7. The van der Waals surface area contributed by atoms with Crippen LogP contribution in [0.15, 0.2) is 4.99 Å². The molecule has 0 bridgehead atoms. The molecule has 1 aliphatic rings. The average Bonchev–Trinajstić information content (AvgIpc) is 2.41. The molecular formula is C9H15ClN2O. The lowest BCUT2D eigenvalue weighted by atomic mass is 10.2. The first-order valence-corrected chi connectivity index (χ1v) is 5.15. The molecule has 0 aliphatic carbocycles. The highest BCUT2D eigenvalue weighted by Crippen LogP contribution is 2.12. The summed E-state index contributed by atoms with van der Waals surface area (Å²) in [5, 5.41) is 0. The van der Waals surface area contributed by atoms with Crippen molar-refractivity contribution in [3.8, 4) is 0 Å². The molecule has 1 aliphatic heterocycles. The Hall–Kier alpha value is -0.570. The number of amidine groups is 1. The molecule has 1 saturated heterocycles. The molecule has 0 aromatic carbocycles. The number of carbonyl (C=O) groups is 1. The van der Waals surface area contributed by atoms with E-state index in [0.717, 1.165) is 31.6 Å². The number of carbonyl (C=O) groups excluding carboxylic acids is 1. The molecule has 13 heavy (non-hydrogen) atoms. The standard InChI is InChI=1S/C9H15ClN2O/c1-11-8-5-3-2-4-6-12(8)9(13)7-10/h2-7H2,1H3. The van der Waals surface area contributed by atoms with Crippen LogP contribution in [0.4, 0.5) is 0 Å². The van der Waals surface area contributed by atoms with Gasteiger partial charge in [-0.25, -0.2) is 0 Å². The molecule has 1 fully saturated rings. The van der Waals surface area contributed by atoms with Gasteiger partial charge in [0.25, 0.3) is 0 Å². The molecule has 0 unspecified atom stereocenters. The van der Waals surface area contributed by atoms with Crippen LogP contribution >= 0.6 is 11.6 Å². The summed E-state index contributed by atoms with van der Waals surface area (Å²) in [6.45, 7) is 0.776. The van der Waals surface area contributed by atoms with Crippen LogP contribution < -0.4 is 0 Å². The third-order valence-corrected chi connectivity index (χ3v) is 2.50. The van der Waals surface area contributed by atoms with Gasteiger partial charge in [0, 0.05) is 20.0 Å². The number of hydrogen-bond donors (Lipinski definition) is 0. The Labute approximate surface area is 83.8 Å². The Morgan fingerprint density at radius 3 is 2.92 bits per heavy atom. The van der Waals surface area contributed by atoms with E-state index in [2.05, 4.69) is 4.99 Å². The topological polar surface area (TPSA) is 32.7 Å². The molecule has 1 rings (SSSR count). The van der Waals surface area contributed by atoms with Crippen molar-refractivity contribution in [2.45, 2.75) is 25.7 Å². The molecule has 0 N–H and O–H groups in total. The third kappa shape index (κ3) is 2.69. The van der Waals surface area contributed by atoms with E-state index >= 15 is 0 Å². The maximum absolute atomic E-state index is 11.4. The Bertz CT molecular complexity index is 216. The number of halogens is 1. The van der Waals surface area contributed by atoms with Crippen molar-refractivity contribution in [1.82, 2.24) is 4.90 Å². The van der Waals surface area contributed by atoms with Gasteiger partial charge in [-0.1, -0.05) is 6.42 Å². The fourth-order valence-electron chi connectivity index (χ4n) is 1.57. The maximum Gasteiger partial charge on any atom is 0.242 e. The summed E-state index contributed by atoms with van der Waals surface area (Å²) in [4.78, 5) is 17.2. The smallest absolute Gasteiger partial charge is 0.242 e. The zero-order chi connectivity index (χ0) is 9.68. The second kappa shape index (κ2) is 5.22. The number of likely N-dealkylation sites (tertiary alicyclic amines) is 1. The van der Waals surface area contributed by atoms with E-state index in [-0.39, 0.29) is 11.8 Å². The molecular weight excluding hydrogens is 188 g/mol. The molecule has 0 radical (unpaired) electrons. The predicted octanol–water partition coefficient (Wildman–Crippen LogP) is 1.66. The van der Waals surface area contributed by atoms with Crippen molar-refractivity contribution in [3.05, 3.63) is 0 Å². The minimum absolute atomic E-state index is 0.0239. The number of hydrogen-bond acceptors (Lipinski definition) is 2. The number of alkyl halides is 1. The van der Waals surface area contributed by atoms with Crippen LogP contribution in [-0.2, 0) is 4.79 Å². The Kier molecular flexibility index (Phi) is 4.22. The molecule has 3 nitrogen and oxygen atoms in total. The van der Waals surface area contributed by atoms with Gasteiger partial charge in [-0.15, -0.1) is 11.6 Å². The lowest BCUT2D eigenvalue weighted by Gasteiger charge is -2.20. The van der Waals surface area contributed by atoms with Crippen molar-refractivity contribution in [3.63, 3.8) is 0 Å². The highest BCUT2D eigenvalue weighted by molar-refractivity contribution is 6.28. The third-order valence-electron chi connectivity index (χ3n) is 2.27. The molecule has 1 amide bonds. The monoisotopic (exact) mass is 202 g/mol. The SMILES string of the molecule is CN=C1CCCCCN1C(=O)CCl. The number of amides is 1. The van der Waals surface area contributed by atoms with Gasteiger partial charge >= 0.3 is 0 Å². The van der Waals surface area contributed by atoms with Gasteiger partial charge in [0.05, 0.1) is 0 Å². The molecule has 0 aromatic rings. The zero-order valence-corrected chi connectivity index (χ0v) is 8.68. The van der Waals surface area contributed by atoms with E-state index in [1.165, 1.54) is 6.42 Å². The van der Waals surface area contributed by atoms with Crippen molar-refractivity contribution >= 4 is 23.3 Å². The van der Waals surface area contributed by atoms with Gasteiger partial charge in [0.15, 0.2) is 0 Å². The van der Waals surface area contributed by atoms with Gasteiger partial charge in [-0.3, -0.25) is 14.7 Å². The summed E-state index contributed by atoms with van der Waals surface area (Å²) in [5.41, 5.74) is 0. The first-order valence-electron chi connectivity index (χ1n) is 4.61. The van der Waals surface area contributed by atoms with Crippen LogP contribution in [0.1, 0.15) is 25.7 Å². The highest BCUT2D eigenvalue weighted by Gasteiger charge is 2.19. The van der Waals surface area contributed by atoms with Crippen molar-refractivity contribution in [2.24, 2.45) is 4.99 Å². The van der Waals surface area contributed by atoms with Crippen LogP contribution in [0.5, 0.6) is 0 Å². The first kappa shape index (κ1) is 10.5. The summed E-state index contributed by atoms with van der Waals surface area (Å²) in [6.07, 6.45) is 4.25. The fourth-order valence-corrected chi connectivity index (χ4v) is 1.71. The average molecular weight is 203 g/mol. The fraction of sp³-hybridized carbons (Fsp3) is 0.778. The molecule has 0 atom stereocenters. The van der Waals surface area contributed by atoms with Crippen LogP contribution in [-0.4, -0.2) is 36.1 Å². The molecule has 0 saturated carbocycles.